The fourth-order valence-electron chi connectivity index (χ4n) is 1.93. The summed E-state index contributed by atoms with van der Waals surface area (Å²) in [4.78, 5) is 11.8. The second-order valence-corrected chi connectivity index (χ2v) is 6.84. The molecular weight excluding hydrogens is 319 g/mol. The van der Waals surface area contributed by atoms with Gasteiger partial charge in [-0.1, -0.05) is 23.2 Å². The summed E-state index contributed by atoms with van der Waals surface area (Å²) in [5.41, 5.74) is -0.358. The van der Waals surface area contributed by atoms with Gasteiger partial charge in [-0.25, -0.2) is 4.79 Å². The lowest BCUT2D eigenvalue weighted by Gasteiger charge is -2.31. The molecule has 1 aromatic rings. The number of carbonyl (C=O) groups excluding carboxylic acids is 1. The molecule has 4 nitrogen and oxygen atoms in total. The Morgan fingerprint density at radius 3 is 2.75 bits per heavy atom. The molecule has 20 heavy (non-hydrogen) atoms. The smallest absolute Gasteiger partial charge is 0.319 e. The number of thioether (sulfide) groups is 1. The number of benzene rings is 1. The van der Waals surface area contributed by atoms with Crippen LogP contribution in [-0.4, -0.2) is 34.8 Å². The summed E-state index contributed by atoms with van der Waals surface area (Å²) < 4.78 is 0. The first kappa shape index (κ1) is 15.8. The average Bonchev–Trinajstić information content (AvgIpc) is 2.42. The second-order valence-electron chi connectivity index (χ2n) is 4.77. The molecule has 0 saturated carbocycles. The molecule has 0 aromatic heterocycles. The van der Waals surface area contributed by atoms with Crippen LogP contribution >= 0.6 is 35.0 Å². The van der Waals surface area contributed by atoms with Crippen molar-refractivity contribution in [1.29, 1.82) is 0 Å². The summed E-state index contributed by atoms with van der Waals surface area (Å²) >= 11 is 13.6. The van der Waals surface area contributed by atoms with Gasteiger partial charge < -0.3 is 15.7 Å². The highest BCUT2D eigenvalue weighted by Gasteiger charge is 2.29. The number of aliphatic hydroxyl groups is 1. The Labute approximate surface area is 132 Å². The average molecular weight is 335 g/mol. The molecule has 0 unspecified atom stereocenters. The lowest BCUT2D eigenvalue weighted by Crippen LogP contribution is -2.46. The van der Waals surface area contributed by atoms with Crippen molar-refractivity contribution >= 4 is 46.7 Å². The van der Waals surface area contributed by atoms with Gasteiger partial charge >= 0.3 is 6.03 Å². The van der Waals surface area contributed by atoms with E-state index >= 15 is 0 Å². The van der Waals surface area contributed by atoms with Crippen molar-refractivity contribution in [2.24, 2.45) is 0 Å². The molecule has 0 aliphatic carbocycles. The Morgan fingerprint density at radius 1 is 1.35 bits per heavy atom. The molecule has 110 valence electrons. The van der Waals surface area contributed by atoms with Crippen molar-refractivity contribution in [3.05, 3.63) is 28.2 Å². The zero-order chi connectivity index (χ0) is 14.6. The molecule has 2 amide bonds. The minimum atomic E-state index is -0.805. The minimum Gasteiger partial charge on any atom is -0.388 e. The van der Waals surface area contributed by atoms with Gasteiger partial charge in [0.25, 0.3) is 0 Å². The topological polar surface area (TPSA) is 61.4 Å². The van der Waals surface area contributed by atoms with Crippen molar-refractivity contribution < 1.29 is 9.90 Å². The summed E-state index contributed by atoms with van der Waals surface area (Å²) in [6, 6.07) is 4.44. The molecule has 0 radical (unpaired) electrons. The van der Waals surface area contributed by atoms with E-state index in [0.29, 0.717) is 28.6 Å². The Morgan fingerprint density at radius 2 is 2.05 bits per heavy atom. The van der Waals surface area contributed by atoms with Gasteiger partial charge in [0.05, 0.1) is 16.3 Å². The fourth-order valence-corrected chi connectivity index (χ4v) is 3.52. The van der Waals surface area contributed by atoms with E-state index in [2.05, 4.69) is 10.6 Å². The first-order valence-electron chi connectivity index (χ1n) is 6.29. The van der Waals surface area contributed by atoms with E-state index < -0.39 is 11.6 Å². The predicted molar refractivity (Wildman–Crippen MR) is 85.0 cm³/mol. The number of urea groups is 1. The van der Waals surface area contributed by atoms with Crippen LogP contribution < -0.4 is 10.6 Å². The van der Waals surface area contributed by atoms with Crippen LogP contribution in [0.4, 0.5) is 10.5 Å². The molecule has 1 aromatic carbocycles. The van der Waals surface area contributed by atoms with Crippen molar-refractivity contribution in [3.63, 3.8) is 0 Å². The van der Waals surface area contributed by atoms with Crippen molar-refractivity contribution in [3.8, 4) is 0 Å². The number of hydrogen-bond acceptors (Lipinski definition) is 3. The van der Waals surface area contributed by atoms with Crippen LogP contribution in [0.2, 0.25) is 10.0 Å². The third-order valence-corrected chi connectivity index (χ3v) is 4.73. The maximum Gasteiger partial charge on any atom is 0.319 e. The van der Waals surface area contributed by atoms with Crippen molar-refractivity contribution in [1.82, 2.24) is 5.32 Å². The quantitative estimate of drug-likeness (QED) is 0.794. The Kier molecular flexibility index (Phi) is 5.43. The standard InChI is InChI=1S/C13H16Cl2N2O2S/c14-9-1-2-10(15)11(7-9)17-12(18)16-8-13(19)3-5-20-6-4-13/h1-2,7,19H,3-6,8H2,(H2,16,17,18). The highest BCUT2D eigenvalue weighted by atomic mass is 35.5. The molecular formula is C13H16Cl2N2O2S. The SMILES string of the molecule is O=C(NCC1(O)CCSCC1)Nc1cc(Cl)ccc1Cl. The van der Waals surface area contributed by atoms with Crippen LogP contribution in [0.3, 0.4) is 0 Å². The minimum absolute atomic E-state index is 0.234. The van der Waals surface area contributed by atoms with Crippen molar-refractivity contribution in [2.45, 2.75) is 18.4 Å². The number of hydrogen-bond donors (Lipinski definition) is 3. The monoisotopic (exact) mass is 334 g/mol. The molecule has 1 aliphatic heterocycles. The third kappa shape index (κ3) is 4.45. The van der Waals surface area contributed by atoms with Crippen LogP contribution in [0.1, 0.15) is 12.8 Å². The van der Waals surface area contributed by atoms with Gasteiger partial charge in [0.1, 0.15) is 0 Å². The highest BCUT2D eigenvalue weighted by molar-refractivity contribution is 7.99. The van der Waals surface area contributed by atoms with Crippen LogP contribution in [0.5, 0.6) is 0 Å². The first-order chi connectivity index (χ1) is 9.48. The Balaban J connectivity index is 1.87. The molecule has 7 heteroatoms. The van der Waals surface area contributed by atoms with E-state index in [9.17, 15) is 9.90 Å². The van der Waals surface area contributed by atoms with E-state index in [-0.39, 0.29) is 6.54 Å². The van der Waals surface area contributed by atoms with Crippen LogP contribution in [-0.2, 0) is 0 Å². The van der Waals surface area contributed by atoms with Crippen LogP contribution in [0.25, 0.3) is 0 Å². The largest absolute Gasteiger partial charge is 0.388 e. The van der Waals surface area contributed by atoms with Gasteiger partial charge in [0.15, 0.2) is 0 Å². The summed E-state index contributed by atoms with van der Waals surface area (Å²) in [7, 11) is 0. The molecule has 1 fully saturated rings. The maximum atomic E-state index is 11.8. The van der Waals surface area contributed by atoms with E-state index in [1.165, 1.54) is 0 Å². The van der Waals surface area contributed by atoms with E-state index in [4.69, 9.17) is 23.2 Å². The van der Waals surface area contributed by atoms with Gasteiger partial charge in [-0.15, -0.1) is 0 Å². The molecule has 1 heterocycles. The molecule has 0 atom stereocenters. The van der Waals surface area contributed by atoms with E-state index in [0.717, 1.165) is 11.5 Å². The van der Waals surface area contributed by atoms with Crippen LogP contribution in [0, 0.1) is 0 Å². The fraction of sp³-hybridized carbons (Fsp3) is 0.462. The number of anilines is 1. The van der Waals surface area contributed by atoms with Gasteiger partial charge in [-0.05, 0) is 42.5 Å². The Bertz CT molecular complexity index is 493. The highest BCUT2D eigenvalue weighted by Crippen LogP contribution is 2.27. The molecule has 0 bridgehead atoms. The number of halogens is 2. The molecule has 3 N–H and O–H groups in total. The van der Waals surface area contributed by atoms with E-state index in [1.54, 1.807) is 18.2 Å². The number of rotatable bonds is 3. The summed E-state index contributed by atoms with van der Waals surface area (Å²) in [5.74, 6) is 1.83. The predicted octanol–water partition coefficient (Wildman–Crippen LogP) is 3.37. The Hall–Kier alpha value is -0.620. The zero-order valence-electron chi connectivity index (χ0n) is 10.8. The third-order valence-electron chi connectivity index (χ3n) is 3.18. The summed E-state index contributed by atoms with van der Waals surface area (Å²) in [5, 5.41) is 16.5. The normalized spacial score (nSPS) is 17.6. The lowest BCUT2D eigenvalue weighted by molar-refractivity contribution is 0.0351. The zero-order valence-corrected chi connectivity index (χ0v) is 13.1. The first-order valence-corrected chi connectivity index (χ1v) is 8.20. The van der Waals surface area contributed by atoms with Crippen LogP contribution in [0.15, 0.2) is 18.2 Å². The lowest BCUT2D eigenvalue weighted by atomic mass is 9.97. The molecule has 0 spiro atoms. The van der Waals surface area contributed by atoms with Gasteiger partial charge in [0.2, 0.25) is 0 Å². The van der Waals surface area contributed by atoms with Gasteiger partial charge in [-0.2, -0.15) is 11.8 Å². The van der Waals surface area contributed by atoms with Gasteiger partial charge in [-0.3, -0.25) is 0 Å². The summed E-state index contributed by atoms with van der Waals surface area (Å²) in [6.07, 6.45) is 1.38. The molecule has 1 aliphatic rings. The number of carbonyl (C=O) groups is 1. The number of amides is 2. The maximum absolute atomic E-state index is 11.8. The second kappa shape index (κ2) is 6.89. The number of nitrogens with one attached hydrogen (secondary N) is 2. The molecule has 1 saturated heterocycles. The van der Waals surface area contributed by atoms with E-state index in [1.807, 2.05) is 11.8 Å². The molecule has 2 rings (SSSR count). The van der Waals surface area contributed by atoms with Crippen molar-refractivity contribution in [2.75, 3.05) is 23.4 Å². The summed E-state index contributed by atoms with van der Waals surface area (Å²) in [6.45, 7) is 0.234. The van der Waals surface area contributed by atoms with Gasteiger partial charge in [0, 0.05) is 11.6 Å².